The van der Waals surface area contributed by atoms with Crippen LogP contribution in [0.25, 0.3) is 6.08 Å². The first kappa shape index (κ1) is 10.9. The van der Waals surface area contributed by atoms with E-state index in [4.69, 9.17) is 0 Å². The Labute approximate surface area is 84.5 Å². The minimum absolute atomic E-state index is 0. The van der Waals surface area contributed by atoms with Gasteiger partial charge in [-0.15, -0.1) is 12.4 Å². The fourth-order valence-corrected chi connectivity index (χ4v) is 0.921. The monoisotopic (exact) mass is 259 g/mol. The van der Waals surface area contributed by atoms with E-state index < -0.39 is 0 Å². The van der Waals surface area contributed by atoms with Crippen molar-refractivity contribution in [3.05, 3.63) is 42.0 Å². The Bertz CT molecular complexity index is 206. The Kier molecular flexibility index (Phi) is 6.56. The van der Waals surface area contributed by atoms with Crippen molar-refractivity contribution in [2.45, 2.75) is 4.89 Å². The molecule has 0 bridgehead atoms. The van der Waals surface area contributed by atoms with E-state index in [0.29, 0.717) is 0 Å². The SMILES string of the molecule is Cl.[Pd][CH2]C=Cc1ccccc1. The molecule has 0 heterocycles. The van der Waals surface area contributed by atoms with Crippen molar-refractivity contribution in [3.8, 4) is 0 Å². The molecule has 0 aliphatic heterocycles. The summed E-state index contributed by atoms with van der Waals surface area (Å²) >= 11 is 3.08. The molecule has 0 aliphatic rings. The fraction of sp³-hybridized carbons (Fsp3) is 0.111. The van der Waals surface area contributed by atoms with Crippen LogP contribution in [0.4, 0.5) is 0 Å². The summed E-state index contributed by atoms with van der Waals surface area (Å²) in [6.45, 7) is 0. The van der Waals surface area contributed by atoms with Gasteiger partial charge in [0.05, 0.1) is 0 Å². The van der Waals surface area contributed by atoms with E-state index in [2.05, 4.69) is 43.5 Å². The Morgan fingerprint density at radius 3 is 2.36 bits per heavy atom. The third-order valence-corrected chi connectivity index (χ3v) is 1.55. The van der Waals surface area contributed by atoms with Gasteiger partial charge in [0, 0.05) is 0 Å². The van der Waals surface area contributed by atoms with Gasteiger partial charge in [-0.3, -0.25) is 0 Å². The minimum atomic E-state index is 0. The maximum atomic E-state index is 3.08. The molecule has 11 heavy (non-hydrogen) atoms. The second-order valence-electron chi connectivity index (χ2n) is 1.94. The molecule has 0 nitrogen and oxygen atoms in total. The van der Waals surface area contributed by atoms with Crippen molar-refractivity contribution in [1.82, 2.24) is 0 Å². The molecule has 0 N–H and O–H groups in total. The fourth-order valence-electron chi connectivity index (χ4n) is 0.738. The second-order valence-corrected chi connectivity index (χ2v) is 2.58. The van der Waals surface area contributed by atoms with Gasteiger partial charge in [0.2, 0.25) is 0 Å². The first-order valence-electron chi connectivity index (χ1n) is 3.16. The van der Waals surface area contributed by atoms with Crippen LogP contribution < -0.4 is 0 Å². The molecule has 1 rings (SSSR count). The van der Waals surface area contributed by atoms with Crippen LogP contribution in [0.3, 0.4) is 0 Å². The van der Waals surface area contributed by atoms with Crippen LogP contribution in [-0.4, -0.2) is 0 Å². The van der Waals surface area contributed by atoms with Crippen molar-refractivity contribution >= 4 is 18.5 Å². The molecule has 0 saturated carbocycles. The number of hydrogen-bond donors (Lipinski definition) is 0. The molecule has 0 spiro atoms. The van der Waals surface area contributed by atoms with E-state index in [9.17, 15) is 0 Å². The average Bonchev–Trinajstić information content (AvgIpc) is 2.03. The summed E-state index contributed by atoms with van der Waals surface area (Å²) in [5.74, 6) is 0. The quantitative estimate of drug-likeness (QED) is 0.717. The van der Waals surface area contributed by atoms with Crippen LogP contribution in [0.15, 0.2) is 36.4 Å². The number of benzene rings is 1. The summed E-state index contributed by atoms with van der Waals surface area (Å²) in [4.78, 5) is 0.956. The van der Waals surface area contributed by atoms with Gasteiger partial charge in [0.1, 0.15) is 0 Å². The zero-order valence-corrected chi connectivity index (χ0v) is 8.34. The summed E-state index contributed by atoms with van der Waals surface area (Å²) in [6.07, 6.45) is 4.20. The van der Waals surface area contributed by atoms with Crippen molar-refractivity contribution in [3.63, 3.8) is 0 Å². The second kappa shape index (κ2) is 6.61. The molecule has 1 aromatic carbocycles. The van der Waals surface area contributed by atoms with Crippen LogP contribution in [0.5, 0.6) is 0 Å². The molecule has 63 valence electrons. The third kappa shape index (κ3) is 4.37. The zero-order valence-electron chi connectivity index (χ0n) is 5.97. The predicted octanol–water partition coefficient (Wildman–Crippen LogP) is 3.09. The van der Waals surface area contributed by atoms with Crippen LogP contribution in [0.1, 0.15) is 5.56 Å². The van der Waals surface area contributed by atoms with E-state index in [1.54, 1.807) is 0 Å². The zero-order chi connectivity index (χ0) is 7.23. The Morgan fingerprint density at radius 2 is 1.82 bits per heavy atom. The van der Waals surface area contributed by atoms with E-state index in [0.717, 1.165) is 4.89 Å². The van der Waals surface area contributed by atoms with Gasteiger partial charge in [-0.05, 0) is 0 Å². The molecule has 0 fully saturated rings. The Balaban J connectivity index is 0.000001000. The predicted molar refractivity (Wildman–Crippen MR) is 47.5 cm³/mol. The molecular weight excluding hydrogens is 250 g/mol. The number of allylic oxidation sites excluding steroid dienone is 1. The summed E-state index contributed by atoms with van der Waals surface area (Å²) in [5.41, 5.74) is 1.26. The van der Waals surface area contributed by atoms with Crippen LogP contribution >= 0.6 is 12.4 Å². The molecule has 0 saturated heterocycles. The van der Waals surface area contributed by atoms with Gasteiger partial charge >= 0.3 is 72.1 Å². The summed E-state index contributed by atoms with van der Waals surface area (Å²) < 4.78 is 0. The molecule has 0 unspecified atom stereocenters. The van der Waals surface area contributed by atoms with E-state index >= 15 is 0 Å². The Hall–Kier alpha value is -0.0877. The molecule has 0 radical (unpaired) electrons. The van der Waals surface area contributed by atoms with Gasteiger partial charge in [-0.25, -0.2) is 0 Å². The molecular formula is C9H10ClPd. The first-order chi connectivity index (χ1) is 4.93. The molecule has 0 amide bonds. The third-order valence-electron chi connectivity index (χ3n) is 1.18. The molecule has 0 aliphatic carbocycles. The van der Waals surface area contributed by atoms with Gasteiger partial charge in [-0.1, -0.05) is 0 Å². The summed E-state index contributed by atoms with van der Waals surface area (Å²) in [6, 6.07) is 10.3. The van der Waals surface area contributed by atoms with Gasteiger partial charge in [0.25, 0.3) is 0 Å². The van der Waals surface area contributed by atoms with Crippen molar-refractivity contribution in [1.29, 1.82) is 0 Å². The molecule has 1 aromatic rings. The molecule has 0 aromatic heterocycles. The van der Waals surface area contributed by atoms with Gasteiger partial charge < -0.3 is 0 Å². The topological polar surface area (TPSA) is 0 Å². The first-order valence-corrected chi connectivity index (χ1v) is 4.26. The van der Waals surface area contributed by atoms with Crippen LogP contribution in [-0.2, 0) is 19.2 Å². The van der Waals surface area contributed by atoms with Crippen LogP contribution in [0, 0.1) is 0 Å². The molecule has 0 atom stereocenters. The average molecular weight is 260 g/mol. The maximum absolute atomic E-state index is 3.08. The van der Waals surface area contributed by atoms with Gasteiger partial charge in [0.15, 0.2) is 0 Å². The number of hydrogen-bond acceptors (Lipinski definition) is 0. The Morgan fingerprint density at radius 1 is 1.18 bits per heavy atom. The van der Waals surface area contributed by atoms with Crippen molar-refractivity contribution < 1.29 is 19.2 Å². The van der Waals surface area contributed by atoms with E-state index in [1.165, 1.54) is 5.56 Å². The van der Waals surface area contributed by atoms with Crippen LogP contribution in [0.2, 0.25) is 4.89 Å². The number of rotatable bonds is 2. The summed E-state index contributed by atoms with van der Waals surface area (Å²) in [5, 5.41) is 0. The number of halogens is 1. The standard InChI is InChI=1S/C9H9.ClH.Pd/c1-2-6-9-7-4-3-5-8-9;;/h2-8H,1H2;1H;. The van der Waals surface area contributed by atoms with Crippen molar-refractivity contribution in [2.75, 3.05) is 0 Å². The van der Waals surface area contributed by atoms with Crippen molar-refractivity contribution in [2.24, 2.45) is 0 Å². The van der Waals surface area contributed by atoms with E-state index in [-0.39, 0.29) is 12.4 Å². The summed E-state index contributed by atoms with van der Waals surface area (Å²) in [7, 11) is 0. The van der Waals surface area contributed by atoms with E-state index in [1.807, 2.05) is 18.2 Å². The molecule has 2 heteroatoms. The normalized spacial score (nSPS) is 9.64. The van der Waals surface area contributed by atoms with Gasteiger partial charge in [-0.2, -0.15) is 0 Å².